The molecule has 0 fully saturated rings. The Hall–Kier alpha value is -4.26. The molecule has 0 aliphatic rings. The molecule has 4 aromatic rings. The molecular formula is C29H26O6. The second-order valence-electron chi connectivity index (χ2n) is 7.45. The number of phenols is 2. The van der Waals surface area contributed by atoms with Crippen LogP contribution in [0.1, 0.15) is 31.8 Å². The van der Waals surface area contributed by atoms with Gasteiger partial charge in [0.1, 0.15) is 0 Å². The third-order valence-corrected chi connectivity index (χ3v) is 5.36. The van der Waals surface area contributed by atoms with Crippen LogP contribution in [0.2, 0.25) is 0 Å². The van der Waals surface area contributed by atoms with Crippen LogP contribution in [0.4, 0.5) is 0 Å². The molecule has 0 bridgehead atoms. The lowest BCUT2D eigenvalue weighted by Gasteiger charge is -2.29. The molecule has 6 heteroatoms. The van der Waals surface area contributed by atoms with Crippen LogP contribution in [0.3, 0.4) is 0 Å². The van der Waals surface area contributed by atoms with Crippen molar-refractivity contribution < 1.29 is 29.3 Å². The molecule has 0 unspecified atom stereocenters. The van der Waals surface area contributed by atoms with E-state index in [-0.39, 0.29) is 28.6 Å². The average Bonchev–Trinajstić information content (AvgIpc) is 2.93. The standard InChI is InChI=1S/C16H16O3.C13H10O3/c1-18-16(19-2,14-11-7-4-8-12-14)15(17)13-9-5-3-6-10-13;14-11-8-4-7-10(13(11)16)12(15)9-5-2-1-3-6-9/h3-12H,1-2H3;1-8,14,16H. The Labute approximate surface area is 204 Å². The van der Waals surface area contributed by atoms with E-state index in [2.05, 4.69) is 0 Å². The number of ketones is 2. The summed E-state index contributed by atoms with van der Waals surface area (Å²) in [7, 11) is 2.94. The van der Waals surface area contributed by atoms with Gasteiger partial charge < -0.3 is 19.7 Å². The van der Waals surface area contributed by atoms with Crippen molar-refractivity contribution in [3.8, 4) is 11.5 Å². The summed E-state index contributed by atoms with van der Waals surface area (Å²) in [6.45, 7) is 0. The van der Waals surface area contributed by atoms with Gasteiger partial charge in [-0.05, 0) is 12.1 Å². The molecule has 0 atom stereocenters. The third kappa shape index (κ3) is 5.63. The molecule has 0 saturated carbocycles. The number of carbonyl (C=O) groups is 2. The molecule has 35 heavy (non-hydrogen) atoms. The van der Waals surface area contributed by atoms with Gasteiger partial charge in [0.25, 0.3) is 5.79 Å². The average molecular weight is 471 g/mol. The number of ether oxygens (including phenoxy) is 2. The van der Waals surface area contributed by atoms with Gasteiger partial charge in [0.15, 0.2) is 17.3 Å². The van der Waals surface area contributed by atoms with Gasteiger partial charge in [-0.15, -0.1) is 0 Å². The lowest BCUT2D eigenvalue weighted by molar-refractivity contribution is -0.176. The van der Waals surface area contributed by atoms with Gasteiger partial charge in [-0.1, -0.05) is 97.1 Å². The van der Waals surface area contributed by atoms with E-state index in [1.54, 1.807) is 42.5 Å². The van der Waals surface area contributed by atoms with Crippen LogP contribution in [-0.4, -0.2) is 36.0 Å². The van der Waals surface area contributed by atoms with Crippen molar-refractivity contribution in [2.45, 2.75) is 5.79 Å². The van der Waals surface area contributed by atoms with Gasteiger partial charge in [-0.3, -0.25) is 9.59 Å². The number of rotatable bonds is 7. The minimum absolute atomic E-state index is 0.103. The Morgan fingerprint density at radius 3 is 1.63 bits per heavy atom. The minimum atomic E-state index is -1.40. The highest BCUT2D eigenvalue weighted by Gasteiger charge is 2.41. The van der Waals surface area contributed by atoms with Crippen LogP contribution in [0.15, 0.2) is 109 Å². The Kier molecular flexibility index (Phi) is 8.51. The SMILES string of the molecule is COC(OC)(C(=O)c1ccccc1)c1ccccc1.O=C(c1ccccc1)c1cccc(O)c1O. The second-order valence-corrected chi connectivity index (χ2v) is 7.45. The second kappa shape index (κ2) is 11.7. The van der Waals surface area contributed by atoms with Gasteiger partial charge >= 0.3 is 0 Å². The molecule has 0 amide bonds. The van der Waals surface area contributed by atoms with E-state index in [1.165, 1.54) is 32.4 Å². The number of phenolic OH excluding ortho intramolecular Hbond substituents is 2. The molecule has 4 rings (SSSR count). The van der Waals surface area contributed by atoms with Crippen molar-refractivity contribution in [2.75, 3.05) is 14.2 Å². The highest BCUT2D eigenvalue weighted by Crippen LogP contribution is 2.31. The first-order valence-electron chi connectivity index (χ1n) is 10.8. The van der Waals surface area contributed by atoms with Gasteiger partial charge in [0, 0.05) is 30.9 Å². The van der Waals surface area contributed by atoms with E-state index >= 15 is 0 Å². The number of aromatic hydroxyl groups is 2. The zero-order chi connectivity index (χ0) is 25.3. The number of hydrogen-bond donors (Lipinski definition) is 2. The fourth-order valence-corrected chi connectivity index (χ4v) is 3.53. The summed E-state index contributed by atoms with van der Waals surface area (Å²) >= 11 is 0. The van der Waals surface area contributed by atoms with Crippen molar-refractivity contribution in [2.24, 2.45) is 0 Å². The predicted octanol–water partition coefficient (Wildman–Crippen LogP) is 5.34. The van der Waals surface area contributed by atoms with Crippen LogP contribution < -0.4 is 0 Å². The molecule has 0 aliphatic carbocycles. The molecule has 2 N–H and O–H groups in total. The van der Waals surface area contributed by atoms with Crippen LogP contribution >= 0.6 is 0 Å². The quantitative estimate of drug-likeness (QED) is 0.215. The van der Waals surface area contributed by atoms with Gasteiger partial charge in [-0.2, -0.15) is 0 Å². The summed E-state index contributed by atoms with van der Waals surface area (Å²) in [6.07, 6.45) is 0. The van der Waals surface area contributed by atoms with Crippen LogP contribution in [0, 0.1) is 0 Å². The summed E-state index contributed by atoms with van der Waals surface area (Å²) in [5, 5.41) is 18.9. The Morgan fingerprint density at radius 2 is 1.11 bits per heavy atom. The molecule has 0 aliphatic heterocycles. The lowest BCUT2D eigenvalue weighted by Crippen LogP contribution is -2.39. The van der Waals surface area contributed by atoms with E-state index < -0.39 is 5.79 Å². The van der Waals surface area contributed by atoms with Crippen molar-refractivity contribution >= 4 is 11.6 Å². The first kappa shape index (κ1) is 25.4. The highest BCUT2D eigenvalue weighted by atomic mass is 16.7. The fourth-order valence-electron chi connectivity index (χ4n) is 3.53. The maximum absolute atomic E-state index is 12.7. The molecule has 0 heterocycles. The van der Waals surface area contributed by atoms with Crippen LogP contribution in [0.5, 0.6) is 11.5 Å². The smallest absolute Gasteiger partial charge is 0.260 e. The molecule has 0 spiro atoms. The summed E-state index contributed by atoms with van der Waals surface area (Å²) in [5.74, 6) is -2.60. The molecule has 6 nitrogen and oxygen atoms in total. The summed E-state index contributed by atoms with van der Waals surface area (Å²) in [5.41, 5.74) is 1.80. The Morgan fingerprint density at radius 1 is 0.629 bits per heavy atom. The van der Waals surface area contributed by atoms with Crippen LogP contribution in [-0.2, 0) is 15.3 Å². The zero-order valence-electron chi connectivity index (χ0n) is 19.4. The molecule has 178 valence electrons. The Balaban J connectivity index is 0.000000198. The van der Waals surface area contributed by atoms with Gasteiger partial charge in [0.2, 0.25) is 5.78 Å². The normalized spacial score (nSPS) is 10.7. The summed E-state index contributed by atoms with van der Waals surface area (Å²) < 4.78 is 10.8. The largest absolute Gasteiger partial charge is 0.504 e. The number of para-hydroxylation sites is 1. The monoisotopic (exact) mass is 470 g/mol. The van der Waals surface area contributed by atoms with Crippen molar-refractivity contribution in [1.82, 2.24) is 0 Å². The first-order chi connectivity index (χ1) is 16.9. The number of carbonyl (C=O) groups excluding carboxylic acids is 2. The van der Waals surface area contributed by atoms with E-state index in [0.717, 1.165) is 0 Å². The topological polar surface area (TPSA) is 93.1 Å². The highest BCUT2D eigenvalue weighted by molar-refractivity contribution is 6.11. The molecule has 4 aromatic carbocycles. The lowest BCUT2D eigenvalue weighted by atomic mass is 9.96. The van der Waals surface area contributed by atoms with Crippen molar-refractivity contribution in [3.05, 3.63) is 131 Å². The molecule has 0 radical (unpaired) electrons. The number of Topliss-reactive ketones (excluding diaryl/α,β-unsaturated/α-hetero) is 1. The maximum Gasteiger partial charge on any atom is 0.260 e. The summed E-state index contributed by atoms with van der Waals surface area (Å²) in [6, 6.07) is 31.1. The molecular weight excluding hydrogens is 444 g/mol. The maximum atomic E-state index is 12.7. The van der Waals surface area contributed by atoms with Gasteiger partial charge in [0.05, 0.1) is 5.56 Å². The van der Waals surface area contributed by atoms with Gasteiger partial charge in [-0.25, -0.2) is 0 Å². The fraction of sp³-hybridized carbons (Fsp3) is 0.103. The molecule has 0 aromatic heterocycles. The Bertz CT molecular complexity index is 1250. The van der Waals surface area contributed by atoms with E-state index in [1.807, 2.05) is 48.5 Å². The van der Waals surface area contributed by atoms with E-state index in [0.29, 0.717) is 16.7 Å². The molecule has 0 saturated heterocycles. The van der Waals surface area contributed by atoms with Crippen molar-refractivity contribution in [3.63, 3.8) is 0 Å². The van der Waals surface area contributed by atoms with Crippen molar-refractivity contribution in [1.29, 1.82) is 0 Å². The van der Waals surface area contributed by atoms with E-state index in [9.17, 15) is 19.8 Å². The summed E-state index contributed by atoms with van der Waals surface area (Å²) in [4.78, 5) is 24.6. The minimum Gasteiger partial charge on any atom is -0.504 e. The number of benzene rings is 4. The zero-order valence-corrected chi connectivity index (χ0v) is 19.4. The third-order valence-electron chi connectivity index (χ3n) is 5.36. The number of hydrogen-bond acceptors (Lipinski definition) is 6. The van der Waals surface area contributed by atoms with E-state index in [4.69, 9.17) is 9.47 Å². The number of methoxy groups -OCH3 is 2. The predicted molar refractivity (Wildman–Crippen MR) is 133 cm³/mol. The first-order valence-corrected chi connectivity index (χ1v) is 10.8. The van der Waals surface area contributed by atoms with Crippen LogP contribution in [0.25, 0.3) is 0 Å².